The summed E-state index contributed by atoms with van der Waals surface area (Å²) < 4.78 is 69.4. The molecule has 24 heavy (non-hydrogen) atoms. The fraction of sp³-hybridized carbons (Fsp3) is 0.312. The van der Waals surface area contributed by atoms with E-state index in [-0.39, 0.29) is 5.56 Å². The summed E-state index contributed by atoms with van der Waals surface area (Å²) in [6.45, 7) is 0. The second kappa shape index (κ2) is 5.92. The topological polar surface area (TPSA) is 42.2 Å². The van der Waals surface area contributed by atoms with Gasteiger partial charge in [0.1, 0.15) is 11.6 Å². The van der Waals surface area contributed by atoms with Crippen molar-refractivity contribution in [1.29, 1.82) is 0 Å². The van der Waals surface area contributed by atoms with E-state index in [2.05, 4.69) is 9.73 Å². The van der Waals surface area contributed by atoms with Crippen molar-refractivity contribution < 1.29 is 31.2 Å². The van der Waals surface area contributed by atoms with Crippen LogP contribution in [0.15, 0.2) is 34.9 Å². The predicted molar refractivity (Wildman–Crippen MR) is 73.3 cm³/mol. The van der Waals surface area contributed by atoms with Crippen LogP contribution >= 0.6 is 0 Å². The van der Waals surface area contributed by atoms with Gasteiger partial charge in [-0.25, -0.2) is 8.78 Å². The van der Waals surface area contributed by atoms with Crippen LogP contribution in [0.5, 0.6) is 0 Å². The number of halogens is 5. The number of carbonyl (C=O) groups is 1. The first-order chi connectivity index (χ1) is 11.3. The summed E-state index contributed by atoms with van der Waals surface area (Å²) in [6.07, 6.45) is -2.95. The molecule has 3 rings (SSSR count). The van der Waals surface area contributed by atoms with Crippen molar-refractivity contribution in [2.45, 2.75) is 31.0 Å². The molecule has 1 aliphatic rings. The second-order valence-electron chi connectivity index (χ2n) is 5.59. The monoisotopic (exact) mass is 345 g/mol. The third-order valence-corrected chi connectivity index (χ3v) is 4.12. The van der Waals surface area contributed by atoms with E-state index in [4.69, 9.17) is 0 Å². The van der Waals surface area contributed by atoms with Gasteiger partial charge in [0.2, 0.25) is 5.76 Å². The van der Waals surface area contributed by atoms with Gasteiger partial charge in [-0.05, 0) is 30.5 Å². The van der Waals surface area contributed by atoms with Gasteiger partial charge < -0.3 is 9.73 Å². The van der Waals surface area contributed by atoms with Gasteiger partial charge >= 0.3 is 6.18 Å². The normalized spacial score (nSPS) is 20.5. The second-order valence-corrected chi connectivity index (χ2v) is 5.59. The molecule has 1 aliphatic carbocycles. The maximum atomic E-state index is 13.8. The third-order valence-electron chi connectivity index (χ3n) is 4.12. The Hall–Kier alpha value is -2.38. The molecule has 0 spiro atoms. The standard InChI is InChI=1S/C16H12F5NO2/c17-8-1-2-9(12(18)7-8)10-3-4-13(10)22-15(23)11-5-6-24-14(11)16(19,20)21/h1-2,5-7,10,13H,3-4H2,(H,22,23)/t10-,13-/m0/s1. The van der Waals surface area contributed by atoms with Gasteiger partial charge in [-0.3, -0.25) is 4.79 Å². The highest BCUT2D eigenvalue weighted by molar-refractivity contribution is 5.95. The smallest absolute Gasteiger partial charge is 0.450 e. The SMILES string of the molecule is O=C(N[C@H]1CC[C@H]1c1ccc(F)cc1F)c1ccoc1C(F)(F)F. The number of carbonyl (C=O) groups excluding carboxylic acids is 1. The van der Waals surface area contributed by atoms with Gasteiger partial charge in [0.15, 0.2) is 0 Å². The number of hydrogen-bond acceptors (Lipinski definition) is 2. The van der Waals surface area contributed by atoms with Crippen LogP contribution in [0.2, 0.25) is 0 Å². The van der Waals surface area contributed by atoms with Crippen LogP contribution in [0.25, 0.3) is 0 Å². The Morgan fingerprint density at radius 1 is 1.17 bits per heavy atom. The molecule has 1 heterocycles. The first kappa shape index (κ1) is 16.5. The quantitative estimate of drug-likeness (QED) is 0.845. The van der Waals surface area contributed by atoms with Crippen LogP contribution in [0, 0.1) is 11.6 Å². The van der Waals surface area contributed by atoms with E-state index < -0.39 is 47.0 Å². The van der Waals surface area contributed by atoms with Gasteiger partial charge in [-0.15, -0.1) is 0 Å². The van der Waals surface area contributed by atoms with Crippen LogP contribution in [0.4, 0.5) is 22.0 Å². The molecule has 1 aromatic carbocycles. The molecule has 1 saturated carbocycles. The van der Waals surface area contributed by atoms with Gasteiger partial charge in [-0.1, -0.05) is 6.07 Å². The Kier molecular flexibility index (Phi) is 4.06. The maximum absolute atomic E-state index is 13.8. The van der Waals surface area contributed by atoms with Crippen molar-refractivity contribution >= 4 is 5.91 Å². The zero-order valence-electron chi connectivity index (χ0n) is 12.2. The Balaban J connectivity index is 1.75. The number of rotatable bonds is 3. The molecule has 1 fully saturated rings. The lowest BCUT2D eigenvalue weighted by Crippen LogP contribution is -2.46. The molecule has 0 bridgehead atoms. The molecule has 8 heteroatoms. The molecule has 1 amide bonds. The average Bonchev–Trinajstić information content (AvgIpc) is 2.96. The minimum absolute atomic E-state index is 0.233. The van der Waals surface area contributed by atoms with Crippen molar-refractivity contribution in [2.24, 2.45) is 0 Å². The lowest BCUT2D eigenvalue weighted by molar-refractivity contribution is -0.153. The zero-order chi connectivity index (χ0) is 17.5. The molecule has 0 saturated heterocycles. The molecular formula is C16H12F5NO2. The maximum Gasteiger partial charge on any atom is 0.450 e. The van der Waals surface area contributed by atoms with Gasteiger partial charge in [-0.2, -0.15) is 13.2 Å². The lowest BCUT2D eigenvalue weighted by Gasteiger charge is -2.37. The van der Waals surface area contributed by atoms with Crippen molar-refractivity contribution in [2.75, 3.05) is 0 Å². The average molecular weight is 345 g/mol. The summed E-state index contributed by atoms with van der Waals surface area (Å²) >= 11 is 0. The molecule has 1 aromatic heterocycles. The van der Waals surface area contributed by atoms with E-state index in [1.807, 2.05) is 0 Å². The van der Waals surface area contributed by atoms with E-state index in [9.17, 15) is 26.7 Å². The summed E-state index contributed by atoms with van der Waals surface area (Å²) in [5.41, 5.74) is -0.385. The lowest BCUT2D eigenvalue weighted by atomic mass is 9.74. The van der Waals surface area contributed by atoms with Crippen molar-refractivity contribution in [3.05, 3.63) is 59.1 Å². The number of furan rings is 1. The van der Waals surface area contributed by atoms with Gasteiger partial charge in [0, 0.05) is 18.0 Å². The number of amides is 1. The van der Waals surface area contributed by atoms with Crippen LogP contribution in [0.1, 0.15) is 40.4 Å². The minimum Gasteiger partial charge on any atom is -0.459 e. The molecule has 0 unspecified atom stereocenters. The fourth-order valence-electron chi connectivity index (χ4n) is 2.80. The van der Waals surface area contributed by atoms with Crippen LogP contribution < -0.4 is 5.32 Å². The minimum atomic E-state index is -4.78. The highest BCUT2D eigenvalue weighted by Gasteiger charge is 2.41. The number of benzene rings is 1. The molecule has 0 radical (unpaired) electrons. The number of nitrogens with one attached hydrogen (secondary N) is 1. The Morgan fingerprint density at radius 2 is 1.92 bits per heavy atom. The molecule has 1 N–H and O–H groups in total. The summed E-state index contributed by atoms with van der Waals surface area (Å²) in [4.78, 5) is 12.1. The molecule has 2 atom stereocenters. The highest BCUT2D eigenvalue weighted by Crippen LogP contribution is 2.39. The largest absolute Gasteiger partial charge is 0.459 e. The van der Waals surface area contributed by atoms with E-state index in [0.29, 0.717) is 12.8 Å². The number of hydrogen-bond donors (Lipinski definition) is 1. The summed E-state index contributed by atoms with van der Waals surface area (Å²) in [5.74, 6) is -4.17. The summed E-state index contributed by atoms with van der Waals surface area (Å²) in [5, 5.41) is 2.46. The zero-order valence-corrected chi connectivity index (χ0v) is 12.2. The van der Waals surface area contributed by atoms with Gasteiger partial charge in [0.25, 0.3) is 5.91 Å². The highest BCUT2D eigenvalue weighted by atomic mass is 19.4. The molecule has 2 aromatic rings. The van der Waals surface area contributed by atoms with E-state index in [1.165, 1.54) is 6.07 Å². The van der Waals surface area contributed by atoms with Crippen molar-refractivity contribution in [3.63, 3.8) is 0 Å². The molecule has 0 aliphatic heterocycles. The fourth-order valence-corrected chi connectivity index (χ4v) is 2.80. The van der Waals surface area contributed by atoms with Crippen LogP contribution in [-0.2, 0) is 6.18 Å². The van der Waals surface area contributed by atoms with Crippen LogP contribution in [-0.4, -0.2) is 11.9 Å². The Morgan fingerprint density at radius 3 is 2.50 bits per heavy atom. The predicted octanol–water partition coefficient (Wildman–Crippen LogP) is 4.25. The van der Waals surface area contributed by atoms with E-state index in [1.54, 1.807) is 0 Å². The number of alkyl halides is 3. The Bertz CT molecular complexity index is 768. The third kappa shape index (κ3) is 3.00. The van der Waals surface area contributed by atoms with Crippen molar-refractivity contribution in [3.8, 4) is 0 Å². The van der Waals surface area contributed by atoms with E-state index >= 15 is 0 Å². The molecule has 3 nitrogen and oxygen atoms in total. The Labute approximate surface area is 133 Å². The van der Waals surface area contributed by atoms with Crippen LogP contribution in [0.3, 0.4) is 0 Å². The summed E-state index contributed by atoms with van der Waals surface area (Å²) in [6, 6.07) is 3.54. The molecular weight excluding hydrogens is 333 g/mol. The summed E-state index contributed by atoms with van der Waals surface area (Å²) in [7, 11) is 0. The van der Waals surface area contributed by atoms with Gasteiger partial charge in [0.05, 0.1) is 11.8 Å². The van der Waals surface area contributed by atoms with Crippen molar-refractivity contribution in [1.82, 2.24) is 5.32 Å². The van der Waals surface area contributed by atoms with E-state index in [0.717, 1.165) is 24.5 Å². The molecule has 128 valence electrons. The first-order valence-electron chi connectivity index (χ1n) is 7.18. The first-order valence-corrected chi connectivity index (χ1v) is 7.18.